The summed E-state index contributed by atoms with van der Waals surface area (Å²) < 4.78 is 44.3. The van der Waals surface area contributed by atoms with Gasteiger partial charge in [-0.3, -0.25) is 18.7 Å². The maximum Gasteiger partial charge on any atom is 0.396 e. The number of carbonyl (C=O) groups excluding carboxylic acids is 1. The van der Waals surface area contributed by atoms with E-state index in [2.05, 4.69) is 9.97 Å². The van der Waals surface area contributed by atoms with Gasteiger partial charge in [-0.25, -0.2) is 9.97 Å². The second-order valence-corrected chi connectivity index (χ2v) is 10.5. The minimum absolute atomic E-state index is 0.0365. The van der Waals surface area contributed by atoms with Crippen molar-refractivity contribution in [3.8, 4) is 5.69 Å². The molecule has 0 aliphatic carbocycles. The van der Waals surface area contributed by atoms with E-state index in [0.717, 1.165) is 11.3 Å². The van der Waals surface area contributed by atoms with Crippen LogP contribution < -0.4 is 11.3 Å². The minimum atomic E-state index is -4.57. The second-order valence-electron chi connectivity index (χ2n) is 10.5. The number of hydrogen-bond acceptors (Lipinski definition) is 6. The predicted octanol–water partition coefficient (Wildman–Crippen LogP) is 3.44. The summed E-state index contributed by atoms with van der Waals surface area (Å²) in [4.78, 5) is 36.4. The van der Waals surface area contributed by atoms with Crippen molar-refractivity contribution >= 4 is 17.1 Å². The SMILES string of the molecule is Cc1nc2c(=O)n(CC3(O)CCN(C(=O)C[C@H](c4ccccc4)C(F)(F)F)CC3)cnc2n1-c1ccc(CN)cc1. The van der Waals surface area contributed by atoms with Crippen LogP contribution in [0.1, 0.15) is 42.1 Å². The van der Waals surface area contributed by atoms with Crippen molar-refractivity contribution in [2.75, 3.05) is 13.1 Å². The lowest BCUT2D eigenvalue weighted by Crippen LogP contribution is -2.50. The third kappa shape index (κ3) is 5.89. The van der Waals surface area contributed by atoms with Crippen molar-refractivity contribution in [2.45, 2.75) is 57.0 Å². The molecule has 0 radical (unpaired) electrons. The molecular formula is C29H31F3N6O3. The van der Waals surface area contributed by atoms with Gasteiger partial charge >= 0.3 is 6.18 Å². The number of nitrogens with zero attached hydrogens (tertiary/aromatic N) is 5. The average molecular weight is 569 g/mol. The molecule has 0 bridgehead atoms. The van der Waals surface area contributed by atoms with E-state index in [0.29, 0.717) is 18.0 Å². The van der Waals surface area contributed by atoms with Crippen LogP contribution in [-0.4, -0.2) is 59.9 Å². The molecule has 1 saturated heterocycles. The van der Waals surface area contributed by atoms with Gasteiger partial charge in [0.1, 0.15) is 12.2 Å². The fraction of sp³-hybridized carbons (Fsp3) is 0.379. The number of amides is 1. The molecule has 1 atom stereocenters. The van der Waals surface area contributed by atoms with Crippen LogP contribution in [0, 0.1) is 6.92 Å². The molecule has 216 valence electrons. The number of imidazole rings is 1. The quantitative estimate of drug-likeness (QED) is 0.353. The Balaban J connectivity index is 1.29. The number of aryl methyl sites for hydroxylation is 1. The zero-order valence-corrected chi connectivity index (χ0v) is 22.5. The molecule has 3 N–H and O–H groups in total. The number of fused-ring (bicyclic) bond motifs is 1. The molecule has 1 fully saturated rings. The Morgan fingerprint density at radius 2 is 1.76 bits per heavy atom. The van der Waals surface area contributed by atoms with Crippen molar-refractivity contribution < 1.29 is 23.1 Å². The number of rotatable bonds is 7. The van der Waals surface area contributed by atoms with Gasteiger partial charge in [0.15, 0.2) is 11.2 Å². The smallest absolute Gasteiger partial charge is 0.388 e. The van der Waals surface area contributed by atoms with Crippen molar-refractivity contribution in [1.82, 2.24) is 24.0 Å². The molecule has 0 unspecified atom stereocenters. The van der Waals surface area contributed by atoms with Crippen molar-refractivity contribution in [3.05, 3.63) is 88.2 Å². The number of hydrogen-bond donors (Lipinski definition) is 2. The van der Waals surface area contributed by atoms with Crippen LogP contribution in [0.3, 0.4) is 0 Å². The largest absolute Gasteiger partial charge is 0.396 e. The van der Waals surface area contributed by atoms with Gasteiger partial charge in [0.25, 0.3) is 5.56 Å². The molecule has 1 aliphatic rings. The van der Waals surface area contributed by atoms with E-state index in [4.69, 9.17) is 5.73 Å². The van der Waals surface area contributed by atoms with Crippen LogP contribution in [0.25, 0.3) is 16.9 Å². The number of piperidine rings is 1. The van der Waals surface area contributed by atoms with E-state index in [1.165, 1.54) is 40.1 Å². The monoisotopic (exact) mass is 568 g/mol. The zero-order chi connectivity index (χ0) is 29.4. The molecule has 1 amide bonds. The highest BCUT2D eigenvalue weighted by atomic mass is 19.4. The molecule has 1 aliphatic heterocycles. The molecule has 4 aromatic rings. The third-order valence-electron chi connectivity index (χ3n) is 7.72. The van der Waals surface area contributed by atoms with Gasteiger partial charge < -0.3 is 15.7 Å². The Kier molecular flexibility index (Phi) is 7.71. The van der Waals surface area contributed by atoms with Crippen molar-refractivity contribution in [1.29, 1.82) is 0 Å². The van der Waals surface area contributed by atoms with Gasteiger partial charge in [-0.2, -0.15) is 13.2 Å². The van der Waals surface area contributed by atoms with Gasteiger partial charge in [-0.15, -0.1) is 0 Å². The van der Waals surface area contributed by atoms with Crippen LogP contribution in [0.4, 0.5) is 13.2 Å². The summed E-state index contributed by atoms with van der Waals surface area (Å²) in [5.41, 5.74) is 6.25. The summed E-state index contributed by atoms with van der Waals surface area (Å²) in [6, 6.07) is 14.9. The maximum absolute atomic E-state index is 13.7. The molecule has 3 heterocycles. The second kappa shape index (κ2) is 11.1. The van der Waals surface area contributed by atoms with Gasteiger partial charge in [0.2, 0.25) is 5.91 Å². The zero-order valence-electron chi connectivity index (χ0n) is 22.5. The highest BCUT2D eigenvalue weighted by molar-refractivity contribution is 5.77. The number of halogens is 3. The van der Waals surface area contributed by atoms with E-state index in [1.807, 2.05) is 24.3 Å². The highest BCUT2D eigenvalue weighted by Crippen LogP contribution is 2.38. The van der Waals surface area contributed by atoms with Crippen LogP contribution in [0.5, 0.6) is 0 Å². The lowest BCUT2D eigenvalue weighted by Gasteiger charge is -2.39. The average Bonchev–Trinajstić information content (AvgIpc) is 3.30. The van der Waals surface area contributed by atoms with Gasteiger partial charge in [0, 0.05) is 31.7 Å². The minimum Gasteiger partial charge on any atom is -0.388 e. The molecule has 12 heteroatoms. The van der Waals surface area contributed by atoms with E-state index >= 15 is 0 Å². The Bertz CT molecular complexity index is 1590. The highest BCUT2D eigenvalue weighted by Gasteiger charge is 2.43. The Morgan fingerprint density at radius 3 is 2.37 bits per heavy atom. The fourth-order valence-electron chi connectivity index (χ4n) is 5.36. The number of carbonyl (C=O) groups is 1. The normalized spacial score (nSPS) is 16.2. The number of likely N-dealkylation sites (tertiary alicyclic amines) is 1. The first kappa shape index (κ1) is 28.5. The molecule has 2 aromatic carbocycles. The third-order valence-corrected chi connectivity index (χ3v) is 7.72. The lowest BCUT2D eigenvalue weighted by atomic mass is 9.90. The molecule has 41 heavy (non-hydrogen) atoms. The summed E-state index contributed by atoms with van der Waals surface area (Å²) in [6.45, 7) is 2.24. The summed E-state index contributed by atoms with van der Waals surface area (Å²) in [5, 5.41) is 11.3. The number of benzene rings is 2. The maximum atomic E-state index is 13.7. The first-order valence-corrected chi connectivity index (χ1v) is 13.3. The van der Waals surface area contributed by atoms with Crippen LogP contribution >= 0.6 is 0 Å². The Labute approximate surface area is 234 Å². The van der Waals surface area contributed by atoms with Gasteiger partial charge in [-0.1, -0.05) is 42.5 Å². The molecular weight excluding hydrogens is 537 g/mol. The summed E-state index contributed by atoms with van der Waals surface area (Å²) in [5.74, 6) is -1.96. The van der Waals surface area contributed by atoms with E-state index in [-0.39, 0.29) is 43.6 Å². The molecule has 9 nitrogen and oxygen atoms in total. The van der Waals surface area contributed by atoms with Crippen molar-refractivity contribution in [2.24, 2.45) is 5.73 Å². The first-order valence-electron chi connectivity index (χ1n) is 13.3. The van der Waals surface area contributed by atoms with Gasteiger partial charge in [0.05, 0.1) is 18.1 Å². The summed E-state index contributed by atoms with van der Waals surface area (Å²) in [7, 11) is 0. The number of alkyl halides is 3. The lowest BCUT2D eigenvalue weighted by molar-refractivity contribution is -0.162. The number of aliphatic hydroxyl groups is 1. The number of aromatic nitrogens is 4. The molecule has 0 saturated carbocycles. The standard InChI is InChI=1S/C29H31F3N6O3/c1-19-35-25-26(38(19)22-9-7-20(16-33)8-10-22)34-18-37(27(25)40)17-28(41)11-13-36(14-12-28)24(39)15-23(29(30,31)32)21-5-3-2-4-6-21/h2-10,18,23,41H,11-17,33H2,1H3/t23-/m1/s1. The summed E-state index contributed by atoms with van der Waals surface area (Å²) in [6.07, 6.45) is -3.71. The van der Waals surface area contributed by atoms with E-state index in [9.17, 15) is 27.9 Å². The first-order chi connectivity index (χ1) is 19.5. The Hall–Kier alpha value is -4.03. The van der Waals surface area contributed by atoms with E-state index < -0.39 is 35.6 Å². The van der Waals surface area contributed by atoms with Crippen LogP contribution in [-0.2, 0) is 17.9 Å². The Morgan fingerprint density at radius 1 is 1.10 bits per heavy atom. The van der Waals surface area contributed by atoms with Crippen molar-refractivity contribution in [3.63, 3.8) is 0 Å². The predicted molar refractivity (Wildman–Crippen MR) is 146 cm³/mol. The van der Waals surface area contributed by atoms with Crippen LogP contribution in [0.15, 0.2) is 65.7 Å². The molecule has 2 aromatic heterocycles. The van der Waals surface area contributed by atoms with Gasteiger partial charge in [-0.05, 0) is 43.0 Å². The summed E-state index contributed by atoms with van der Waals surface area (Å²) >= 11 is 0. The molecule has 5 rings (SSSR count). The fourth-order valence-corrected chi connectivity index (χ4v) is 5.36. The number of nitrogens with two attached hydrogens (primary N) is 1. The van der Waals surface area contributed by atoms with Crippen LogP contribution in [0.2, 0.25) is 0 Å². The van der Waals surface area contributed by atoms with E-state index in [1.54, 1.807) is 17.6 Å². The topological polar surface area (TPSA) is 119 Å². The molecule has 0 spiro atoms.